The molecule has 0 saturated heterocycles. The molecule has 3 aromatic carbocycles. The molecule has 1 unspecified atom stereocenters. The number of hydrogen-bond acceptors (Lipinski definition) is 0. The summed E-state index contributed by atoms with van der Waals surface area (Å²) in [7, 11) is 13.2. The molecule has 0 nitrogen and oxygen atoms in total. The van der Waals surface area contributed by atoms with E-state index in [1.165, 1.54) is 50.1 Å². The molecule has 1 atom stereocenters. The third kappa shape index (κ3) is 3.70. The molecule has 0 amide bonds. The zero-order chi connectivity index (χ0) is 19.8. The summed E-state index contributed by atoms with van der Waals surface area (Å²) in [6.45, 7) is 6.54. The van der Waals surface area contributed by atoms with Gasteiger partial charge in [-0.1, -0.05) is 0 Å². The Morgan fingerprint density at radius 3 is 2.14 bits per heavy atom. The Labute approximate surface area is 183 Å². The van der Waals surface area contributed by atoms with E-state index in [2.05, 4.69) is 87.5 Å². The summed E-state index contributed by atoms with van der Waals surface area (Å²) in [4.78, 5) is 0. The normalized spacial score (nSPS) is 15.3. The zero-order valence-electron chi connectivity index (χ0n) is 16.4. The second-order valence-corrected chi connectivity index (χ2v) is 16.3. The Kier molecular flexibility index (Phi) is 5.98. The van der Waals surface area contributed by atoms with Crippen molar-refractivity contribution in [1.82, 2.24) is 0 Å². The van der Waals surface area contributed by atoms with Gasteiger partial charge < -0.3 is 0 Å². The van der Waals surface area contributed by atoms with Crippen molar-refractivity contribution in [2.45, 2.75) is 30.8 Å². The van der Waals surface area contributed by atoms with E-state index in [4.69, 9.17) is 17.0 Å². The van der Waals surface area contributed by atoms with Gasteiger partial charge in [0, 0.05) is 0 Å². The molecule has 0 heterocycles. The van der Waals surface area contributed by atoms with Crippen molar-refractivity contribution in [1.29, 1.82) is 0 Å². The van der Waals surface area contributed by atoms with Gasteiger partial charge in [0.1, 0.15) is 0 Å². The van der Waals surface area contributed by atoms with Gasteiger partial charge >= 0.3 is 184 Å². The van der Waals surface area contributed by atoms with Crippen molar-refractivity contribution < 1.29 is 19.4 Å². The van der Waals surface area contributed by atoms with E-state index >= 15 is 0 Å². The number of allylic oxidation sites excluding steroid dienone is 1. The van der Waals surface area contributed by atoms with Gasteiger partial charge in [-0.15, -0.1) is 0 Å². The van der Waals surface area contributed by atoms with Crippen LogP contribution in [-0.2, 0) is 19.4 Å². The average Bonchev–Trinajstić information content (AvgIpc) is 3.06. The van der Waals surface area contributed by atoms with Crippen LogP contribution >= 0.6 is 17.0 Å². The van der Waals surface area contributed by atoms with Gasteiger partial charge in [0.05, 0.1) is 0 Å². The molecule has 1 aliphatic carbocycles. The van der Waals surface area contributed by atoms with Gasteiger partial charge in [-0.25, -0.2) is 0 Å². The summed E-state index contributed by atoms with van der Waals surface area (Å²) < 4.78 is 0.264. The molecule has 3 aromatic rings. The third-order valence-electron chi connectivity index (χ3n) is 5.51. The van der Waals surface area contributed by atoms with Crippen LogP contribution in [0.4, 0.5) is 0 Å². The number of fused-ring (bicyclic) bond motifs is 1. The fourth-order valence-electron chi connectivity index (χ4n) is 4.36. The standard InChI is InChI=1S/C25H23.2ClH.Zr/c1-4-19-15-21-10-11-23(20-8-6-5-7-9-20)25(24(21)16-19)22-13-17(2)12-18(3)14-22;;;/h5-16H,4H2,1-3H3;2*1H;/q;;;+2/p-2. The Morgan fingerprint density at radius 1 is 0.857 bits per heavy atom. The van der Waals surface area contributed by atoms with Crippen LogP contribution in [0, 0.1) is 13.8 Å². The number of hydrogen-bond donors (Lipinski definition) is 0. The van der Waals surface area contributed by atoms with Crippen molar-refractivity contribution in [3.05, 3.63) is 88.5 Å². The molecule has 0 aromatic heterocycles. The van der Waals surface area contributed by atoms with E-state index in [0.29, 0.717) is 0 Å². The molecule has 0 radical (unpaired) electrons. The predicted octanol–water partition coefficient (Wildman–Crippen LogP) is 8.41. The molecule has 0 aliphatic heterocycles. The first-order chi connectivity index (χ1) is 13.5. The fourth-order valence-corrected chi connectivity index (χ4v) is 10.0. The summed E-state index contributed by atoms with van der Waals surface area (Å²) in [6.07, 6.45) is 3.36. The van der Waals surface area contributed by atoms with Crippen LogP contribution in [0.15, 0.2) is 66.2 Å². The second-order valence-electron chi connectivity index (χ2n) is 7.53. The maximum absolute atomic E-state index is 6.61. The molecule has 1 aliphatic rings. The molecule has 0 bridgehead atoms. The minimum absolute atomic E-state index is 0.264. The van der Waals surface area contributed by atoms with Crippen LogP contribution in [0.2, 0.25) is 0 Å². The molecule has 4 rings (SSSR count). The Bertz CT molecular complexity index is 1030. The van der Waals surface area contributed by atoms with Crippen LogP contribution in [0.5, 0.6) is 0 Å². The number of rotatable bonds is 4. The van der Waals surface area contributed by atoms with Gasteiger partial charge in [-0.05, 0) is 0 Å². The molecular weight excluding hydrogens is 462 g/mol. The molecule has 0 N–H and O–H groups in total. The summed E-state index contributed by atoms with van der Waals surface area (Å²) >= 11 is -2.48. The zero-order valence-corrected chi connectivity index (χ0v) is 20.4. The quantitative estimate of drug-likeness (QED) is 0.348. The van der Waals surface area contributed by atoms with Gasteiger partial charge in [0.25, 0.3) is 0 Å². The van der Waals surface area contributed by atoms with E-state index in [1.54, 1.807) is 0 Å². The van der Waals surface area contributed by atoms with E-state index in [-0.39, 0.29) is 3.63 Å². The Hall–Kier alpha value is -1.14. The monoisotopic (exact) mass is 483 g/mol. The first-order valence-electron chi connectivity index (χ1n) is 9.69. The van der Waals surface area contributed by atoms with E-state index in [1.807, 2.05) is 0 Å². The first-order valence-corrected chi connectivity index (χ1v) is 17.4. The van der Waals surface area contributed by atoms with Gasteiger partial charge in [-0.2, -0.15) is 0 Å². The summed E-state index contributed by atoms with van der Waals surface area (Å²) in [5, 5.41) is 0. The van der Waals surface area contributed by atoms with Crippen LogP contribution in [-0.4, -0.2) is 0 Å². The van der Waals surface area contributed by atoms with Crippen LogP contribution in [0.3, 0.4) is 0 Å². The van der Waals surface area contributed by atoms with Crippen molar-refractivity contribution in [2.24, 2.45) is 0 Å². The van der Waals surface area contributed by atoms with E-state index in [0.717, 1.165) is 6.42 Å². The Balaban J connectivity index is 2.05. The van der Waals surface area contributed by atoms with Crippen LogP contribution < -0.4 is 0 Å². The van der Waals surface area contributed by atoms with Crippen LogP contribution in [0.1, 0.15) is 39.2 Å². The number of aryl methyl sites for hydroxylation is 2. The minimum atomic E-state index is -2.48. The number of halogens is 2. The summed E-state index contributed by atoms with van der Waals surface area (Å²) in [5.41, 5.74) is 11.7. The van der Waals surface area contributed by atoms with Gasteiger partial charge in [-0.3, -0.25) is 0 Å². The topological polar surface area (TPSA) is 0 Å². The molecule has 28 heavy (non-hydrogen) atoms. The van der Waals surface area contributed by atoms with Gasteiger partial charge in [0.2, 0.25) is 0 Å². The molecule has 0 fully saturated rings. The van der Waals surface area contributed by atoms with E-state index in [9.17, 15) is 0 Å². The molecule has 141 valence electrons. The van der Waals surface area contributed by atoms with Crippen molar-refractivity contribution >= 4 is 23.1 Å². The predicted molar refractivity (Wildman–Crippen MR) is 120 cm³/mol. The molecular formula is C25H23Cl2Zr. The number of benzene rings is 3. The van der Waals surface area contributed by atoms with E-state index < -0.39 is 19.4 Å². The fraction of sp³-hybridized carbons (Fsp3) is 0.200. The molecule has 0 spiro atoms. The van der Waals surface area contributed by atoms with Gasteiger partial charge in [0.15, 0.2) is 0 Å². The summed E-state index contributed by atoms with van der Waals surface area (Å²) in [6, 6.07) is 22.0. The first kappa shape index (κ1) is 20.1. The van der Waals surface area contributed by atoms with Crippen LogP contribution in [0.25, 0.3) is 28.3 Å². The average molecular weight is 486 g/mol. The van der Waals surface area contributed by atoms with Crippen molar-refractivity contribution in [3.63, 3.8) is 0 Å². The maximum atomic E-state index is 6.61. The van der Waals surface area contributed by atoms with Crippen molar-refractivity contribution in [2.75, 3.05) is 0 Å². The molecule has 3 heteroatoms. The molecule has 0 saturated carbocycles. The second kappa shape index (κ2) is 8.31. The SMILES string of the molecule is CCC1=Cc2c(ccc(-c3ccccc3)c2-c2cc(C)cc(C)c2)[CH]1[Zr]([Cl])[Cl]. The van der Waals surface area contributed by atoms with Crippen molar-refractivity contribution in [3.8, 4) is 22.3 Å². The Morgan fingerprint density at radius 2 is 1.54 bits per heavy atom. The summed E-state index contributed by atoms with van der Waals surface area (Å²) in [5.74, 6) is 0. The third-order valence-corrected chi connectivity index (χ3v) is 10.8.